The first-order valence-electron chi connectivity index (χ1n) is 7.59. The van der Waals surface area contributed by atoms with Crippen molar-refractivity contribution in [3.8, 4) is 5.75 Å². The van der Waals surface area contributed by atoms with Crippen LogP contribution in [-0.2, 0) is 9.59 Å². The molecule has 0 aliphatic rings. The molecule has 0 amide bonds. The van der Waals surface area contributed by atoms with E-state index in [0.29, 0.717) is 5.75 Å². The Morgan fingerprint density at radius 2 is 1.81 bits per heavy atom. The Labute approximate surface area is 169 Å². The summed E-state index contributed by atoms with van der Waals surface area (Å²) in [6.07, 6.45) is -0.178. The lowest BCUT2D eigenvalue weighted by atomic mass is 10.1. The second kappa shape index (κ2) is 9.74. The van der Waals surface area contributed by atoms with Crippen LogP contribution in [0.5, 0.6) is 5.75 Å². The van der Waals surface area contributed by atoms with E-state index in [4.69, 9.17) is 4.74 Å². The third kappa shape index (κ3) is 5.58. The molecule has 2 aromatic carbocycles. The lowest BCUT2D eigenvalue weighted by molar-refractivity contribution is -0.146. The van der Waals surface area contributed by atoms with Gasteiger partial charge < -0.3 is 9.84 Å². The van der Waals surface area contributed by atoms with Gasteiger partial charge in [0.05, 0.1) is 22.6 Å². The predicted molar refractivity (Wildman–Crippen MR) is 108 cm³/mol. The van der Waals surface area contributed by atoms with Gasteiger partial charge in [-0.1, -0.05) is 42.1 Å². The Kier molecular flexibility index (Phi) is 7.67. The Balaban J connectivity index is 0.00000243. The highest BCUT2D eigenvalue weighted by Gasteiger charge is 2.23. The first-order valence-corrected chi connectivity index (χ1v) is 9.39. The molecule has 0 radical (unpaired) electrons. The summed E-state index contributed by atoms with van der Waals surface area (Å²) in [6, 6.07) is 16.4. The van der Waals surface area contributed by atoms with E-state index in [0.717, 1.165) is 14.6 Å². The average molecular weight is 403 g/mol. The first-order chi connectivity index (χ1) is 12.1. The van der Waals surface area contributed by atoms with Crippen LogP contribution in [-0.4, -0.2) is 45.1 Å². The Morgan fingerprint density at radius 3 is 2.50 bits per heavy atom. The quantitative estimate of drug-likeness (QED) is 0.283. The summed E-state index contributed by atoms with van der Waals surface area (Å²) >= 11 is 2.86. The van der Waals surface area contributed by atoms with Crippen LogP contribution in [0.2, 0.25) is 0 Å². The van der Waals surface area contributed by atoms with Crippen molar-refractivity contribution in [1.82, 2.24) is 4.98 Å². The lowest BCUT2D eigenvalue weighted by Gasteiger charge is -2.10. The summed E-state index contributed by atoms with van der Waals surface area (Å²) in [4.78, 5) is 27.9. The van der Waals surface area contributed by atoms with Gasteiger partial charge in [-0.2, -0.15) is 0 Å². The molecule has 0 fully saturated rings. The van der Waals surface area contributed by atoms with Crippen molar-refractivity contribution in [3.05, 3.63) is 54.6 Å². The van der Waals surface area contributed by atoms with Crippen LogP contribution in [0.1, 0.15) is 6.42 Å². The number of nitrogens with zero attached hydrogens (tertiary/aromatic N) is 1. The van der Waals surface area contributed by atoms with Gasteiger partial charge in [0.2, 0.25) is 0 Å². The smallest absolute Gasteiger partial charge is 0.312 e. The summed E-state index contributed by atoms with van der Waals surface area (Å²) in [5.74, 6) is -1.72. The van der Waals surface area contributed by atoms with E-state index in [2.05, 4.69) is 4.98 Å². The van der Waals surface area contributed by atoms with E-state index in [-0.39, 0.29) is 29.5 Å². The number of rotatable bonds is 7. The van der Waals surface area contributed by atoms with E-state index >= 15 is 0 Å². The lowest BCUT2D eigenvalue weighted by Crippen LogP contribution is -2.22. The van der Waals surface area contributed by atoms with Gasteiger partial charge in [0.15, 0.2) is 21.7 Å². The van der Waals surface area contributed by atoms with Crippen LogP contribution >= 0.6 is 23.1 Å². The number of hydrogen-bond donors (Lipinski definition) is 1. The van der Waals surface area contributed by atoms with Crippen LogP contribution in [0.3, 0.4) is 0 Å². The van der Waals surface area contributed by atoms with Gasteiger partial charge in [-0.25, -0.2) is 4.98 Å². The number of benzene rings is 2. The van der Waals surface area contributed by atoms with Crippen molar-refractivity contribution in [2.24, 2.45) is 5.92 Å². The monoisotopic (exact) mass is 403 g/mol. The van der Waals surface area contributed by atoms with Crippen LogP contribution in [0, 0.1) is 5.92 Å². The molecule has 1 heterocycles. The fraction of sp³-hybridized carbons (Fsp3) is 0.167. The highest BCUT2D eigenvalue weighted by atomic mass is 32.2. The molecule has 1 atom stereocenters. The summed E-state index contributed by atoms with van der Waals surface area (Å²) in [7, 11) is 0. The van der Waals surface area contributed by atoms with Crippen molar-refractivity contribution in [2.75, 3.05) is 5.75 Å². The summed E-state index contributed by atoms with van der Waals surface area (Å²) in [5, 5.41) is 9.37. The zero-order chi connectivity index (χ0) is 17.6. The molecule has 0 aliphatic heterocycles. The molecule has 1 unspecified atom stereocenters. The van der Waals surface area contributed by atoms with E-state index in [1.54, 1.807) is 24.3 Å². The number of aromatic nitrogens is 1. The number of ether oxygens (including phenoxy) is 1. The fourth-order valence-electron chi connectivity index (χ4n) is 2.17. The fourth-order valence-corrected chi connectivity index (χ4v) is 4.34. The van der Waals surface area contributed by atoms with Crippen LogP contribution in [0.15, 0.2) is 58.9 Å². The number of para-hydroxylation sites is 2. The average Bonchev–Trinajstić information content (AvgIpc) is 3.02. The molecular weight excluding hydrogens is 385 g/mol. The van der Waals surface area contributed by atoms with E-state index in [1.807, 2.05) is 30.3 Å². The van der Waals surface area contributed by atoms with Crippen molar-refractivity contribution >= 4 is 62.6 Å². The topological polar surface area (TPSA) is 76.5 Å². The minimum atomic E-state index is -1.02. The maximum absolute atomic E-state index is 12.0. The number of aliphatic carboxylic acids is 1. The van der Waals surface area contributed by atoms with Crippen LogP contribution in [0.4, 0.5) is 0 Å². The molecule has 0 bridgehead atoms. The maximum atomic E-state index is 12.0. The highest BCUT2D eigenvalue weighted by molar-refractivity contribution is 8.01. The van der Waals surface area contributed by atoms with Crippen molar-refractivity contribution in [2.45, 2.75) is 10.8 Å². The molecule has 0 saturated heterocycles. The van der Waals surface area contributed by atoms with Gasteiger partial charge in [0.1, 0.15) is 5.75 Å². The highest BCUT2D eigenvalue weighted by Crippen LogP contribution is 2.31. The number of fused-ring (bicyclic) bond motifs is 1. The third-order valence-corrected chi connectivity index (χ3v) is 5.76. The standard InChI is InChI=1S/C18H15NO4S2.Al.3H/c20-16(23-13-6-2-1-3-7-13)10-12(17(21)22)11-24-18-19-14-8-4-5-9-15(14)25-18;;;;/h1-9,12H,10-11H2,(H,21,22);;;;. The van der Waals surface area contributed by atoms with Crippen molar-refractivity contribution in [1.29, 1.82) is 0 Å². The molecular formula is C18H18AlNO4S2. The Bertz CT molecular complexity index is 852. The second-order valence-corrected chi connectivity index (χ2v) is 7.58. The van der Waals surface area contributed by atoms with E-state index in [1.165, 1.54) is 23.1 Å². The molecule has 5 nitrogen and oxygen atoms in total. The van der Waals surface area contributed by atoms with Crippen molar-refractivity contribution < 1.29 is 19.4 Å². The second-order valence-electron chi connectivity index (χ2n) is 5.28. The van der Waals surface area contributed by atoms with Gasteiger partial charge >= 0.3 is 11.9 Å². The molecule has 8 heteroatoms. The molecule has 3 aromatic rings. The van der Waals surface area contributed by atoms with E-state index < -0.39 is 17.9 Å². The van der Waals surface area contributed by atoms with Crippen molar-refractivity contribution in [3.63, 3.8) is 0 Å². The van der Waals surface area contributed by atoms with Gasteiger partial charge in [0.25, 0.3) is 0 Å². The molecule has 1 N–H and O–H groups in total. The number of carboxylic acid groups (broad SMARTS) is 1. The number of carbonyl (C=O) groups is 2. The van der Waals surface area contributed by atoms with E-state index in [9.17, 15) is 14.7 Å². The predicted octanol–water partition coefficient (Wildman–Crippen LogP) is 2.90. The molecule has 0 spiro atoms. The Hall–Kier alpha value is -1.85. The largest absolute Gasteiger partial charge is 0.481 e. The summed E-state index contributed by atoms with van der Waals surface area (Å²) < 4.78 is 7.02. The molecule has 0 saturated carbocycles. The molecule has 3 rings (SSSR count). The number of thiazole rings is 1. The first kappa shape index (κ1) is 20.5. The van der Waals surface area contributed by atoms with Gasteiger partial charge in [0, 0.05) is 5.75 Å². The number of carboxylic acids is 1. The number of esters is 1. The minimum Gasteiger partial charge on any atom is -0.481 e. The normalized spacial score (nSPS) is 11.5. The maximum Gasteiger partial charge on any atom is 0.312 e. The minimum absolute atomic E-state index is 0. The van der Waals surface area contributed by atoms with Gasteiger partial charge in [-0.15, -0.1) is 11.3 Å². The SMILES string of the molecule is O=C(CC(CSc1nc2ccccc2s1)C(=O)O)Oc1ccccc1.[AlH3]. The van der Waals surface area contributed by atoms with Gasteiger partial charge in [-0.3, -0.25) is 9.59 Å². The number of carbonyl (C=O) groups excluding carboxylic acids is 1. The Morgan fingerprint density at radius 1 is 1.12 bits per heavy atom. The zero-order valence-electron chi connectivity index (χ0n) is 13.1. The third-order valence-electron chi connectivity index (χ3n) is 3.42. The molecule has 134 valence electrons. The van der Waals surface area contributed by atoms with Gasteiger partial charge in [-0.05, 0) is 24.3 Å². The number of hydrogen-bond acceptors (Lipinski definition) is 6. The molecule has 0 aliphatic carbocycles. The van der Waals surface area contributed by atoms with Crippen LogP contribution in [0.25, 0.3) is 10.2 Å². The summed E-state index contributed by atoms with van der Waals surface area (Å²) in [5.41, 5.74) is 0.894. The summed E-state index contributed by atoms with van der Waals surface area (Å²) in [6.45, 7) is 0. The zero-order valence-corrected chi connectivity index (χ0v) is 14.8. The number of thioether (sulfide) groups is 1. The molecule has 26 heavy (non-hydrogen) atoms. The molecule has 1 aromatic heterocycles. The van der Waals surface area contributed by atoms with Crippen LogP contribution < -0.4 is 4.74 Å².